The number of carbonyl (C=O) groups is 2. The van der Waals surface area contributed by atoms with Crippen LogP contribution in [0.15, 0.2) is 30.3 Å². The molecule has 1 aliphatic heterocycles. The van der Waals surface area contributed by atoms with E-state index in [4.69, 9.17) is 9.47 Å². The van der Waals surface area contributed by atoms with Gasteiger partial charge in [-0.25, -0.2) is 4.79 Å². The van der Waals surface area contributed by atoms with Gasteiger partial charge < -0.3 is 14.8 Å². The van der Waals surface area contributed by atoms with Crippen molar-refractivity contribution < 1.29 is 19.1 Å². The van der Waals surface area contributed by atoms with Crippen LogP contribution in [0.2, 0.25) is 0 Å². The molecule has 1 saturated carbocycles. The molecule has 0 radical (unpaired) electrons. The zero-order valence-corrected chi connectivity index (χ0v) is 16.1. The number of amides is 1. The van der Waals surface area contributed by atoms with Crippen molar-refractivity contribution in [3.05, 3.63) is 40.8 Å². The van der Waals surface area contributed by atoms with E-state index in [1.165, 1.54) is 17.8 Å². The summed E-state index contributed by atoms with van der Waals surface area (Å²) < 4.78 is 11.2. The summed E-state index contributed by atoms with van der Waals surface area (Å²) >= 11 is 1.39. The summed E-state index contributed by atoms with van der Waals surface area (Å²) in [6, 6.07) is 9.80. The highest BCUT2D eigenvalue weighted by Crippen LogP contribution is 2.42. The predicted molar refractivity (Wildman–Crippen MR) is 104 cm³/mol. The molecule has 1 aliphatic carbocycles. The van der Waals surface area contributed by atoms with Gasteiger partial charge in [0.2, 0.25) is 0 Å². The van der Waals surface area contributed by atoms with Gasteiger partial charge in [-0.3, -0.25) is 4.79 Å². The van der Waals surface area contributed by atoms with Crippen molar-refractivity contribution in [1.29, 1.82) is 0 Å². The van der Waals surface area contributed by atoms with Crippen molar-refractivity contribution >= 4 is 23.2 Å². The first-order chi connectivity index (χ1) is 13.1. The van der Waals surface area contributed by atoms with E-state index in [1.807, 2.05) is 30.3 Å². The number of hydrogen-bond acceptors (Lipinski definition) is 5. The van der Waals surface area contributed by atoms with Gasteiger partial charge in [0.25, 0.3) is 5.91 Å². The average Bonchev–Trinajstić information content (AvgIpc) is 3.14. The van der Waals surface area contributed by atoms with Crippen LogP contribution in [0, 0.1) is 0 Å². The zero-order chi connectivity index (χ0) is 18.8. The van der Waals surface area contributed by atoms with Crippen molar-refractivity contribution in [2.24, 2.45) is 0 Å². The molecule has 1 fully saturated rings. The highest BCUT2D eigenvalue weighted by Gasteiger charge is 2.26. The number of carbonyl (C=O) groups excluding carboxylic acids is 2. The molecular formula is C21H23NO4S. The van der Waals surface area contributed by atoms with E-state index >= 15 is 0 Å². The number of hydrogen-bond donors (Lipinski definition) is 1. The Morgan fingerprint density at radius 1 is 1.22 bits per heavy atom. The molecule has 142 valence electrons. The van der Waals surface area contributed by atoms with Crippen LogP contribution in [0.5, 0.6) is 5.75 Å². The third kappa shape index (κ3) is 3.86. The number of ether oxygens (including phenoxy) is 2. The number of thiophene rings is 1. The second-order valence-electron chi connectivity index (χ2n) is 7.14. The quantitative estimate of drug-likeness (QED) is 0.797. The molecule has 6 heteroatoms. The first-order valence-corrected chi connectivity index (χ1v) is 10.3. The molecular weight excluding hydrogens is 362 g/mol. The van der Waals surface area contributed by atoms with Crippen LogP contribution in [-0.4, -0.2) is 24.0 Å². The fourth-order valence-electron chi connectivity index (χ4n) is 3.64. The van der Waals surface area contributed by atoms with E-state index in [-0.39, 0.29) is 11.9 Å². The lowest BCUT2D eigenvalue weighted by Gasteiger charge is -2.24. The van der Waals surface area contributed by atoms with Gasteiger partial charge in [-0.05, 0) is 38.0 Å². The largest absolute Gasteiger partial charge is 0.488 e. The van der Waals surface area contributed by atoms with Gasteiger partial charge in [-0.15, -0.1) is 11.3 Å². The Morgan fingerprint density at radius 3 is 2.81 bits per heavy atom. The molecule has 1 amide bonds. The minimum absolute atomic E-state index is 0.204. The Morgan fingerprint density at radius 2 is 2.00 bits per heavy atom. The number of benzene rings is 1. The zero-order valence-electron chi connectivity index (χ0n) is 15.3. The number of esters is 1. The first kappa shape index (κ1) is 18.0. The monoisotopic (exact) mass is 385 g/mol. The van der Waals surface area contributed by atoms with Crippen LogP contribution < -0.4 is 10.1 Å². The van der Waals surface area contributed by atoms with Gasteiger partial charge in [0.05, 0.1) is 0 Å². The molecule has 1 atom stereocenters. The standard InChI is InChI=1S/C21H23NO4S/c1-13(20(23)22-15-7-3-2-4-8-15)26-21(24)18-11-14-12-25-17-10-6-5-9-16(17)19(14)27-18/h5-6,9-11,13,15H,2-4,7-8,12H2,1H3,(H,22,23). The van der Waals surface area contributed by atoms with Gasteiger partial charge in [0.1, 0.15) is 17.2 Å². The molecule has 0 spiro atoms. The van der Waals surface area contributed by atoms with Gasteiger partial charge in [0, 0.05) is 22.0 Å². The van der Waals surface area contributed by atoms with Crippen molar-refractivity contribution in [2.45, 2.75) is 57.8 Å². The summed E-state index contributed by atoms with van der Waals surface area (Å²) in [5.74, 6) is 0.149. The Labute approximate surface area is 162 Å². The molecule has 1 aromatic heterocycles. The molecule has 5 nitrogen and oxygen atoms in total. The number of nitrogens with one attached hydrogen (secondary N) is 1. The van der Waals surface area contributed by atoms with Crippen LogP contribution in [0.3, 0.4) is 0 Å². The van der Waals surface area contributed by atoms with E-state index in [1.54, 1.807) is 6.92 Å². The number of fused-ring (bicyclic) bond motifs is 3. The molecule has 0 saturated heterocycles. The van der Waals surface area contributed by atoms with Crippen molar-refractivity contribution in [1.82, 2.24) is 5.32 Å². The summed E-state index contributed by atoms with van der Waals surface area (Å²) in [5.41, 5.74) is 1.97. The van der Waals surface area contributed by atoms with Crippen LogP contribution >= 0.6 is 11.3 Å². The van der Waals surface area contributed by atoms with E-state index < -0.39 is 12.1 Å². The SMILES string of the molecule is CC(OC(=O)c1cc2c(s1)-c1ccccc1OC2)C(=O)NC1CCCCC1. The maximum absolute atomic E-state index is 12.5. The Bertz CT molecular complexity index is 854. The Balaban J connectivity index is 1.42. The molecule has 2 aromatic rings. The Kier molecular flexibility index (Phi) is 5.16. The van der Waals surface area contributed by atoms with E-state index in [9.17, 15) is 9.59 Å². The molecule has 1 N–H and O–H groups in total. The molecule has 4 rings (SSSR count). The lowest BCUT2D eigenvalue weighted by atomic mass is 9.95. The summed E-state index contributed by atoms with van der Waals surface area (Å²) in [7, 11) is 0. The van der Waals surface area contributed by atoms with Crippen molar-refractivity contribution in [3.8, 4) is 16.2 Å². The second kappa shape index (κ2) is 7.72. The van der Waals surface area contributed by atoms with E-state index in [0.717, 1.165) is 47.4 Å². The van der Waals surface area contributed by atoms with Crippen molar-refractivity contribution in [2.75, 3.05) is 0 Å². The smallest absolute Gasteiger partial charge is 0.349 e. The Hall–Kier alpha value is -2.34. The normalized spacial score (nSPS) is 17.2. The third-order valence-electron chi connectivity index (χ3n) is 5.13. The predicted octanol–water partition coefficient (Wildman–Crippen LogP) is 4.30. The highest BCUT2D eigenvalue weighted by molar-refractivity contribution is 7.17. The van der Waals surface area contributed by atoms with Crippen LogP contribution in [0.1, 0.15) is 54.3 Å². The number of rotatable bonds is 4. The molecule has 1 unspecified atom stereocenters. The molecule has 27 heavy (non-hydrogen) atoms. The lowest BCUT2D eigenvalue weighted by Crippen LogP contribution is -2.42. The fraction of sp³-hybridized carbons (Fsp3) is 0.429. The number of para-hydroxylation sites is 1. The average molecular weight is 385 g/mol. The minimum atomic E-state index is -0.804. The highest BCUT2D eigenvalue weighted by atomic mass is 32.1. The van der Waals surface area contributed by atoms with Crippen molar-refractivity contribution in [3.63, 3.8) is 0 Å². The topological polar surface area (TPSA) is 64.6 Å². The first-order valence-electron chi connectivity index (χ1n) is 9.48. The summed E-state index contributed by atoms with van der Waals surface area (Å²) in [4.78, 5) is 26.4. The molecule has 2 aliphatic rings. The maximum Gasteiger partial charge on any atom is 0.349 e. The van der Waals surface area contributed by atoms with Gasteiger partial charge in [-0.2, -0.15) is 0 Å². The van der Waals surface area contributed by atoms with Crippen LogP contribution in [0.25, 0.3) is 10.4 Å². The van der Waals surface area contributed by atoms with Crippen LogP contribution in [0.4, 0.5) is 0 Å². The van der Waals surface area contributed by atoms with Crippen LogP contribution in [-0.2, 0) is 16.1 Å². The summed E-state index contributed by atoms with van der Waals surface area (Å²) in [6.07, 6.45) is 4.72. The van der Waals surface area contributed by atoms with Gasteiger partial charge in [-0.1, -0.05) is 31.4 Å². The molecule has 0 bridgehead atoms. The maximum atomic E-state index is 12.5. The molecule has 1 aromatic carbocycles. The lowest BCUT2D eigenvalue weighted by molar-refractivity contribution is -0.130. The fourth-order valence-corrected chi connectivity index (χ4v) is 4.72. The van der Waals surface area contributed by atoms with E-state index in [0.29, 0.717) is 11.5 Å². The summed E-state index contributed by atoms with van der Waals surface area (Å²) in [6.45, 7) is 2.07. The molecule has 2 heterocycles. The van der Waals surface area contributed by atoms with Gasteiger partial charge in [0.15, 0.2) is 6.10 Å². The van der Waals surface area contributed by atoms with Gasteiger partial charge >= 0.3 is 5.97 Å². The third-order valence-corrected chi connectivity index (χ3v) is 6.32. The summed E-state index contributed by atoms with van der Waals surface area (Å²) in [5, 5.41) is 3.00. The van der Waals surface area contributed by atoms with E-state index in [2.05, 4.69) is 5.32 Å². The second-order valence-corrected chi connectivity index (χ2v) is 8.19. The minimum Gasteiger partial charge on any atom is -0.488 e.